The Morgan fingerprint density at radius 2 is 1.72 bits per heavy atom. The molecular weight excluding hydrogens is 319 g/mol. The first-order valence-electron chi connectivity index (χ1n) is 9.89. The number of hydrogen-bond donors (Lipinski definition) is 3. The number of aliphatic hydroxyl groups excluding tert-OH is 2. The van der Waals surface area contributed by atoms with E-state index in [9.17, 15) is 19.7 Å². The van der Waals surface area contributed by atoms with Gasteiger partial charge in [-0.2, -0.15) is 0 Å². The smallest absolute Gasteiger partial charge is 0.156 e. The van der Waals surface area contributed by atoms with Crippen molar-refractivity contribution in [3.63, 3.8) is 0 Å². The lowest BCUT2D eigenvalue weighted by Gasteiger charge is -2.61. The third-order valence-corrected chi connectivity index (χ3v) is 9.11. The van der Waals surface area contributed by atoms with Gasteiger partial charge in [0.2, 0.25) is 0 Å². The summed E-state index contributed by atoms with van der Waals surface area (Å²) in [5.41, 5.74) is -2.01. The van der Waals surface area contributed by atoms with Crippen LogP contribution in [0.5, 0.6) is 0 Å². The summed E-state index contributed by atoms with van der Waals surface area (Å²) in [6.07, 6.45) is 8.17. The minimum Gasteiger partial charge on any atom is -0.390 e. The molecular formula is C21H31FO3. The van der Waals surface area contributed by atoms with E-state index in [2.05, 4.69) is 12.8 Å². The molecule has 140 valence electrons. The van der Waals surface area contributed by atoms with Crippen molar-refractivity contribution < 1.29 is 19.7 Å². The van der Waals surface area contributed by atoms with Crippen LogP contribution < -0.4 is 0 Å². The number of alkyl halides is 1. The molecule has 0 amide bonds. The van der Waals surface area contributed by atoms with Crippen molar-refractivity contribution in [2.45, 2.75) is 82.8 Å². The normalized spacial score (nSPS) is 60.9. The van der Waals surface area contributed by atoms with E-state index in [1.807, 2.05) is 6.92 Å². The molecule has 0 aromatic rings. The molecule has 4 heteroatoms. The van der Waals surface area contributed by atoms with Crippen LogP contribution in [-0.4, -0.2) is 39.3 Å². The Morgan fingerprint density at radius 3 is 2.40 bits per heavy atom. The van der Waals surface area contributed by atoms with Gasteiger partial charge in [-0.1, -0.05) is 19.8 Å². The van der Waals surface area contributed by atoms with E-state index in [1.165, 1.54) is 0 Å². The first-order valence-corrected chi connectivity index (χ1v) is 9.89. The third-order valence-electron chi connectivity index (χ3n) is 9.11. The molecule has 4 saturated carbocycles. The lowest BCUT2D eigenvalue weighted by atomic mass is 9.44. The predicted molar refractivity (Wildman–Crippen MR) is 93.2 cm³/mol. The van der Waals surface area contributed by atoms with Gasteiger partial charge in [-0.05, 0) is 74.0 Å². The molecule has 0 spiro atoms. The van der Waals surface area contributed by atoms with Gasteiger partial charge in [0.15, 0.2) is 5.60 Å². The maximum Gasteiger partial charge on any atom is 0.156 e. The van der Waals surface area contributed by atoms with Crippen molar-refractivity contribution in [1.82, 2.24) is 0 Å². The molecule has 4 aliphatic rings. The fourth-order valence-corrected chi connectivity index (χ4v) is 7.55. The summed E-state index contributed by atoms with van der Waals surface area (Å²) >= 11 is 0. The summed E-state index contributed by atoms with van der Waals surface area (Å²) in [6, 6.07) is 0. The molecule has 0 bridgehead atoms. The topological polar surface area (TPSA) is 60.7 Å². The number of hydrogen-bond acceptors (Lipinski definition) is 3. The van der Waals surface area contributed by atoms with Gasteiger partial charge in [-0.3, -0.25) is 0 Å². The molecule has 0 heterocycles. The summed E-state index contributed by atoms with van der Waals surface area (Å²) in [5, 5.41) is 31.5. The van der Waals surface area contributed by atoms with E-state index in [4.69, 9.17) is 6.42 Å². The first kappa shape index (κ1) is 17.8. The Kier molecular flexibility index (Phi) is 3.87. The van der Waals surface area contributed by atoms with Gasteiger partial charge in [-0.25, -0.2) is 4.39 Å². The summed E-state index contributed by atoms with van der Waals surface area (Å²) in [4.78, 5) is 0. The van der Waals surface area contributed by atoms with Crippen LogP contribution >= 0.6 is 0 Å². The van der Waals surface area contributed by atoms with Crippen LogP contribution in [0.15, 0.2) is 0 Å². The van der Waals surface area contributed by atoms with Gasteiger partial charge in [-0.15, -0.1) is 6.42 Å². The highest BCUT2D eigenvalue weighted by Gasteiger charge is 2.68. The lowest BCUT2D eigenvalue weighted by molar-refractivity contribution is -0.169. The van der Waals surface area contributed by atoms with Gasteiger partial charge in [0.1, 0.15) is 6.17 Å². The zero-order chi connectivity index (χ0) is 18.2. The van der Waals surface area contributed by atoms with Gasteiger partial charge in [0.25, 0.3) is 0 Å². The third kappa shape index (κ3) is 2.04. The van der Waals surface area contributed by atoms with E-state index in [0.29, 0.717) is 24.7 Å². The SMILES string of the molecule is C#C[C@]1(O)[C@H](O)C[C@H]2[C@@H]3CCC4[C@H](F)[C@@H](O)CC[C@]4(C)[C@H]3CC[C@@]21C. The van der Waals surface area contributed by atoms with E-state index >= 15 is 0 Å². The summed E-state index contributed by atoms with van der Waals surface area (Å²) in [7, 11) is 0. The monoisotopic (exact) mass is 350 g/mol. The average molecular weight is 350 g/mol. The van der Waals surface area contributed by atoms with E-state index in [1.54, 1.807) is 0 Å². The molecule has 0 aromatic carbocycles. The average Bonchev–Trinajstić information content (AvgIpc) is 2.79. The van der Waals surface area contributed by atoms with Gasteiger partial charge < -0.3 is 15.3 Å². The molecule has 4 aliphatic carbocycles. The largest absolute Gasteiger partial charge is 0.390 e. The number of fused-ring (bicyclic) bond motifs is 5. The quantitative estimate of drug-likeness (QED) is 0.589. The van der Waals surface area contributed by atoms with Crippen molar-refractivity contribution in [1.29, 1.82) is 0 Å². The zero-order valence-electron chi connectivity index (χ0n) is 15.3. The van der Waals surface area contributed by atoms with Crippen molar-refractivity contribution >= 4 is 0 Å². The van der Waals surface area contributed by atoms with Crippen LogP contribution in [0.3, 0.4) is 0 Å². The van der Waals surface area contributed by atoms with Crippen molar-refractivity contribution in [2.75, 3.05) is 0 Å². The van der Waals surface area contributed by atoms with E-state index in [0.717, 1.165) is 32.1 Å². The molecule has 0 aliphatic heterocycles. The lowest BCUT2D eigenvalue weighted by Crippen LogP contribution is -2.59. The first-order chi connectivity index (χ1) is 11.7. The number of terminal acetylenes is 1. The van der Waals surface area contributed by atoms with Crippen LogP contribution in [0, 0.1) is 46.8 Å². The highest BCUT2D eigenvalue weighted by atomic mass is 19.1. The van der Waals surface area contributed by atoms with Crippen molar-refractivity contribution in [2.24, 2.45) is 34.5 Å². The Balaban J connectivity index is 1.68. The van der Waals surface area contributed by atoms with Gasteiger partial charge in [0.05, 0.1) is 12.2 Å². The molecule has 10 atom stereocenters. The molecule has 3 nitrogen and oxygen atoms in total. The second-order valence-electron chi connectivity index (χ2n) is 9.74. The highest BCUT2D eigenvalue weighted by Crippen LogP contribution is 2.68. The number of halogens is 1. The summed E-state index contributed by atoms with van der Waals surface area (Å²) in [6.45, 7) is 4.26. The maximum atomic E-state index is 14.7. The second-order valence-corrected chi connectivity index (χ2v) is 9.74. The molecule has 3 N–H and O–H groups in total. The number of aliphatic hydroxyl groups is 3. The number of rotatable bonds is 0. The summed E-state index contributed by atoms with van der Waals surface area (Å²) < 4.78 is 14.7. The fourth-order valence-electron chi connectivity index (χ4n) is 7.55. The van der Waals surface area contributed by atoms with E-state index < -0.39 is 29.4 Å². The molecule has 4 fully saturated rings. The van der Waals surface area contributed by atoms with Gasteiger partial charge >= 0.3 is 0 Å². The molecule has 0 aromatic heterocycles. The van der Waals surface area contributed by atoms with E-state index in [-0.39, 0.29) is 17.3 Å². The van der Waals surface area contributed by atoms with Crippen molar-refractivity contribution in [3.05, 3.63) is 0 Å². The van der Waals surface area contributed by atoms with Crippen LogP contribution in [0.2, 0.25) is 0 Å². The highest BCUT2D eigenvalue weighted by molar-refractivity contribution is 5.27. The van der Waals surface area contributed by atoms with Gasteiger partial charge in [0, 0.05) is 5.41 Å². The molecule has 0 saturated heterocycles. The van der Waals surface area contributed by atoms with Crippen LogP contribution in [-0.2, 0) is 0 Å². The minimum atomic E-state index is -1.45. The molecule has 1 unspecified atom stereocenters. The standard InChI is InChI=1S/C21H31FO3/c1-4-21(25)17(24)11-15-12-5-6-14-18(22)16(23)8-9-19(14,2)13(12)7-10-20(15,21)3/h1,12-18,23-25H,5-11H2,2-3H3/t12-,13+,14?,15+,16+,17-,18+,19-,20+,21+/m1/s1. The summed E-state index contributed by atoms with van der Waals surface area (Å²) in [5.74, 6) is 3.40. The van der Waals surface area contributed by atoms with Crippen LogP contribution in [0.4, 0.5) is 4.39 Å². The molecule has 0 radical (unpaired) electrons. The fraction of sp³-hybridized carbons (Fsp3) is 0.905. The Morgan fingerprint density at radius 1 is 1.00 bits per heavy atom. The zero-order valence-corrected chi connectivity index (χ0v) is 15.3. The Hall–Kier alpha value is -0.630. The van der Waals surface area contributed by atoms with Crippen molar-refractivity contribution in [3.8, 4) is 12.3 Å². The Bertz CT molecular complexity index is 602. The predicted octanol–water partition coefficient (Wildman–Crippen LogP) is 2.67. The second kappa shape index (κ2) is 5.44. The maximum absolute atomic E-state index is 14.7. The molecule has 4 rings (SSSR count). The Labute approximate surface area is 150 Å². The van der Waals surface area contributed by atoms with Crippen LogP contribution in [0.1, 0.15) is 58.8 Å². The minimum absolute atomic E-state index is 0.0697. The molecule has 25 heavy (non-hydrogen) atoms. The van der Waals surface area contributed by atoms with Crippen LogP contribution in [0.25, 0.3) is 0 Å².